The molecule has 3 unspecified atom stereocenters. The largest absolute Gasteiger partial charge is 0.311 e. The van der Waals surface area contributed by atoms with E-state index in [9.17, 15) is 0 Å². The monoisotopic (exact) mass is 307 g/mol. The van der Waals surface area contributed by atoms with E-state index in [1.54, 1.807) is 11.1 Å². The summed E-state index contributed by atoms with van der Waals surface area (Å²) in [6, 6.07) is 8.24. The zero-order valence-corrected chi connectivity index (χ0v) is 12.7. The third kappa shape index (κ3) is 2.65. The Bertz CT molecular complexity index is 429. The number of aryl methyl sites for hydroxylation is 1. The van der Waals surface area contributed by atoms with Crippen molar-refractivity contribution in [2.75, 3.05) is 0 Å². The summed E-state index contributed by atoms with van der Waals surface area (Å²) in [5.41, 5.74) is 3.09. The zero-order valence-electron chi connectivity index (χ0n) is 11.1. The van der Waals surface area contributed by atoms with Crippen LogP contribution in [0.25, 0.3) is 0 Å². The maximum absolute atomic E-state index is 3.91. The molecule has 1 saturated carbocycles. The lowest BCUT2D eigenvalue weighted by atomic mass is 9.87. The quantitative estimate of drug-likeness (QED) is 0.868. The highest BCUT2D eigenvalue weighted by molar-refractivity contribution is 9.10. The van der Waals surface area contributed by atoms with Crippen LogP contribution >= 0.6 is 15.9 Å². The predicted octanol–water partition coefficient (Wildman–Crippen LogP) is 4.08. The van der Waals surface area contributed by atoms with Gasteiger partial charge in [0.05, 0.1) is 0 Å². The van der Waals surface area contributed by atoms with Crippen molar-refractivity contribution in [2.24, 2.45) is 5.92 Å². The van der Waals surface area contributed by atoms with Crippen molar-refractivity contribution >= 4 is 15.9 Å². The summed E-state index contributed by atoms with van der Waals surface area (Å²) < 4.78 is 1.22. The van der Waals surface area contributed by atoms with Crippen LogP contribution in [0.2, 0.25) is 0 Å². The third-order valence-corrected chi connectivity index (χ3v) is 5.20. The first-order valence-corrected chi connectivity index (χ1v) is 8.05. The number of hydrogen-bond donors (Lipinski definition) is 1. The molecule has 3 atom stereocenters. The fraction of sp³-hybridized carbons (Fsp3) is 0.625. The molecule has 1 aromatic carbocycles. The zero-order chi connectivity index (χ0) is 12.5. The van der Waals surface area contributed by atoms with Crippen LogP contribution in [0.15, 0.2) is 22.7 Å². The van der Waals surface area contributed by atoms with Crippen molar-refractivity contribution in [3.8, 4) is 0 Å². The summed E-state index contributed by atoms with van der Waals surface area (Å²) in [6.07, 6.45) is 7.94. The van der Waals surface area contributed by atoms with Gasteiger partial charge in [0.25, 0.3) is 0 Å². The van der Waals surface area contributed by atoms with Gasteiger partial charge < -0.3 is 5.32 Å². The van der Waals surface area contributed by atoms with E-state index in [-0.39, 0.29) is 0 Å². The highest BCUT2D eigenvalue weighted by Crippen LogP contribution is 2.29. The highest BCUT2D eigenvalue weighted by atomic mass is 79.9. The Morgan fingerprint density at radius 3 is 2.83 bits per heavy atom. The van der Waals surface area contributed by atoms with Crippen LogP contribution in [0.5, 0.6) is 0 Å². The molecule has 0 amide bonds. The Labute approximate surface area is 118 Å². The predicted molar refractivity (Wildman–Crippen MR) is 79.9 cm³/mol. The van der Waals surface area contributed by atoms with Gasteiger partial charge in [0.2, 0.25) is 0 Å². The molecule has 2 heteroatoms. The number of fused-ring (bicyclic) bond motifs is 1. The van der Waals surface area contributed by atoms with Gasteiger partial charge in [-0.15, -0.1) is 0 Å². The Hall–Kier alpha value is -0.340. The maximum atomic E-state index is 3.91. The van der Waals surface area contributed by atoms with E-state index in [1.165, 1.54) is 43.0 Å². The van der Waals surface area contributed by atoms with Crippen molar-refractivity contribution in [1.29, 1.82) is 0 Å². The van der Waals surface area contributed by atoms with Gasteiger partial charge in [-0.1, -0.05) is 35.3 Å². The van der Waals surface area contributed by atoms with Gasteiger partial charge in [0, 0.05) is 16.6 Å². The van der Waals surface area contributed by atoms with Crippen LogP contribution in [0.4, 0.5) is 0 Å². The first-order valence-electron chi connectivity index (χ1n) is 7.26. The van der Waals surface area contributed by atoms with Gasteiger partial charge in [0.1, 0.15) is 0 Å². The summed E-state index contributed by atoms with van der Waals surface area (Å²) in [6.45, 7) is 2.40. The lowest BCUT2D eigenvalue weighted by Crippen LogP contribution is -2.42. The molecule has 0 heterocycles. The molecule has 1 fully saturated rings. The number of benzene rings is 1. The molecular formula is C16H22BrN. The molecular weight excluding hydrogens is 286 g/mol. The number of rotatable bonds is 2. The molecule has 1 nitrogen and oxygen atoms in total. The van der Waals surface area contributed by atoms with Crippen molar-refractivity contribution in [3.05, 3.63) is 33.8 Å². The fourth-order valence-corrected chi connectivity index (χ4v) is 3.97. The lowest BCUT2D eigenvalue weighted by Gasteiger charge is -2.30. The van der Waals surface area contributed by atoms with Crippen molar-refractivity contribution in [1.82, 2.24) is 5.32 Å². The Morgan fingerprint density at radius 1 is 1.17 bits per heavy atom. The summed E-state index contributed by atoms with van der Waals surface area (Å²) >= 11 is 3.57. The van der Waals surface area contributed by atoms with E-state index in [0.717, 1.165) is 12.0 Å². The number of hydrogen-bond acceptors (Lipinski definition) is 1. The highest BCUT2D eigenvalue weighted by Gasteiger charge is 2.27. The van der Waals surface area contributed by atoms with Crippen LogP contribution in [-0.4, -0.2) is 12.1 Å². The van der Waals surface area contributed by atoms with Crippen molar-refractivity contribution in [2.45, 2.75) is 57.5 Å². The van der Waals surface area contributed by atoms with Gasteiger partial charge in [-0.05, 0) is 61.3 Å². The number of nitrogens with one attached hydrogen (secondary N) is 1. The molecule has 98 valence electrons. The van der Waals surface area contributed by atoms with Crippen LogP contribution < -0.4 is 5.32 Å². The molecule has 3 rings (SSSR count). The molecule has 1 N–H and O–H groups in total. The fourth-order valence-electron chi connectivity index (χ4n) is 3.56. The summed E-state index contributed by atoms with van der Waals surface area (Å²) in [7, 11) is 0. The van der Waals surface area contributed by atoms with Crippen LogP contribution in [0.1, 0.15) is 43.7 Å². The van der Waals surface area contributed by atoms with Gasteiger partial charge in [0.15, 0.2) is 0 Å². The average Bonchev–Trinajstić information content (AvgIpc) is 2.75. The number of halogens is 1. The maximum Gasteiger partial charge on any atom is 0.0178 e. The van der Waals surface area contributed by atoms with Crippen molar-refractivity contribution < 1.29 is 0 Å². The normalized spacial score (nSPS) is 31.3. The smallest absolute Gasteiger partial charge is 0.0178 e. The van der Waals surface area contributed by atoms with Crippen molar-refractivity contribution in [3.63, 3.8) is 0 Å². The first kappa shape index (κ1) is 12.7. The molecule has 0 bridgehead atoms. The summed E-state index contributed by atoms with van der Waals surface area (Å²) in [5, 5.41) is 3.91. The van der Waals surface area contributed by atoms with Gasteiger partial charge in [-0.3, -0.25) is 0 Å². The molecule has 0 spiro atoms. The Kier molecular flexibility index (Phi) is 3.76. The van der Waals surface area contributed by atoms with Crippen LogP contribution in [0.3, 0.4) is 0 Å². The minimum absolute atomic E-state index is 0.698. The average molecular weight is 308 g/mol. The van der Waals surface area contributed by atoms with Gasteiger partial charge in [-0.25, -0.2) is 0 Å². The summed E-state index contributed by atoms with van der Waals surface area (Å²) in [4.78, 5) is 0. The van der Waals surface area contributed by atoms with E-state index in [0.29, 0.717) is 6.04 Å². The summed E-state index contributed by atoms with van der Waals surface area (Å²) in [5.74, 6) is 0.872. The van der Waals surface area contributed by atoms with E-state index in [4.69, 9.17) is 0 Å². The van der Waals surface area contributed by atoms with Gasteiger partial charge in [-0.2, -0.15) is 0 Å². The Balaban J connectivity index is 1.66. The van der Waals surface area contributed by atoms with E-state index >= 15 is 0 Å². The second kappa shape index (κ2) is 5.34. The van der Waals surface area contributed by atoms with E-state index in [1.807, 2.05) is 0 Å². The molecule has 2 aliphatic rings. The third-order valence-electron chi connectivity index (χ3n) is 4.71. The van der Waals surface area contributed by atoms with E-state index < -0.39 is 0 Å². The second-order valence-electron chi connectivity index (χ2n) is 6.03. The minimum Gasteiger partial charge on any atom is -0.311 e. The molecule has 1 aromatic rings. The molecule has 2 aliphatic carbocycles. The minimum atomic E-state index is 0.698. The van der Waals surface area contributed by atoms with Crippen LogP contribution in [0, 0.1) is 5.92 Å². The molecule has 0 radical (unpaired) electrons. The van der Waals surface area contributed by atoms with Gasteiger partial charge >= 0.3 is 0 Å². The topological polar surface area (TPSA) is 12.0 Å². The second-order valence-corrected chi connectivity index (χ2v) is 6.95. The van der Waals surface area contributed by atoms with Crippen LogP contribution in [-0.2, 0) is 12.8 Å². The SMILES string of the molecule is CC1CCCC1NC1CCc2cc(Br)ccc2C1. The first-order chi connectivity index (χ1) is 8.72. The lowest BCUT2D eigenvalue weighted by molar-refractivity contribution is 0.349. The molecule has 18 heavy (non-hydrogen) atoms. The molecule has 0 aliphatic heterocycles. The standard InChI is InChI=1S/C16H22BrN/c1-11-3-2-4-16(11)18-15-8-6-12-9-14(17)7-5-13(12)10-15/h5,7,9,11,15-16,18H,2-4,6,8,10H2,1H3. The Morgan fingerprint density at radius 2 is 2.06 bits per heavy atom. The molecule has 0 saturated heterocycles. The van der Waals surface area contributed by atoms with E-state index in [2.05, 4.69) is 46.4 Å². The molecule has 0 aromatic heterocycles.